The Morgan fingerprint density at radius 3 is 2.47 bits per heavy atom. The summed E-state index contributed by atoms with van der Waals surface area (Å²) in [5, 5.41) is 11.8. The van der Waals surface area contributed by atoms with Crippen molar-refractivity contribution in [3.05, 3.63) is 80.5 Å². The normalized spacial score (nSPS) is 16.0. The molecule has 0 spiro atoms. The van der Waals surface area contributed by atoms with E-state index in [-0.39, 0.29) is 17.6 Å². The minimum atomic E-state index is -0.887. The first-order chi connectivity index (χ1) is 17.1. The molecule has 3 heterocycles. The fourth-order valence-electron chi connectivity index (χ4n) is 4.46. The van der Waals surface area contributed by atoms with Crippen LogP contribution >= 0.6 is 11.3 Å². The van der Waals surface area contributed by atoms with Gasteiger partial charge in [-0.05, 0) is 70.0 Å². The molecule has 0 saturated heterocycles. The van der Waals surface area contributed by atoms with Crippen LogP contribution < -0.4 is 9.64 Å². The molecule has 0 fully saturated rings. The van der Waals surface area contributed by atoms with Gasteiger partial charge in [0.25, 0.3) is 5.91 Å². The van der Waals surface area contributed by atoms with Gasteiger partial charge in [-0.3, -0.25) is 14.5 Å². The minimum Gasteiger partial charge on any atom is -0.503 e. The van der Waals surface area contributed by atoms with E-state index < -0.39 is 23.5 Å². The number of amides is 1. The van der Waals surface area contributed by atoms with Crippen molar-refractivity contribution in [2.45, 2.75) is 46.8 Å². The van der Waals surface area contributed by atoms with E-state index in [0.717, 1.165) is 16.1 Å². The van der Waals surface area contributed by atoms with Crippen LogP contribution in [0.5, 0.6) is 5.75 Å². The lowest BCUT2D eigenvalue weighted by Crippen LogP contribution is -2.32. The van der Waals surface area contributed by atoms with Crippen molar-refractivity contribution in [2.75, 3.05) is 4.90 Å². The summed E-state index contributed by atoms with van der Waals surface area (Å²) in [4.78, 5) is 41.1. The number of ketones is 1. The number of thiazole rings is 1. The number of nitrogens with one attached hydrogen (secondary N) is 1. The van der Waals surface area contributed by atoms with E-state index >= 15 is 0 Å². The summed E-state index contributed by atoms with van der Waals surface area (Å²) in [5.41, 5.74) is 3.67. The summed E-state index contributed by atoms with van der Waals surface area (Å²) in [6.45, 7) is 9.40. The Balaban J connectivity index is 1.65. The number of aromatic amines is 1. The first-order valence-electron chi connectivity index (χ1n) is 11.6. The van der Waals surface area contributed by atoms with Gasteiger partial charge in [0.2, 0.25) is 11.7 Å². The number of aliphatic hydroxyl groups excluding tert-OH is 1. The quantitative estimate of drug-likeness (QED) is 0.336. The molecule has 1 unspecified atom stereocenters. The van der Waals surface area contributed by atoms with Gasteiger partial charge in [-0.2, -0.15) is 0 Å². The molecule has 1 aliphatic heterocycles. The lowest BCUT2D eigenvalue weighted by molar-refractivity contribution is -0.117. The van der Waals surface area contributed by atoms with Crippen LogP contribution in [0.1, 0.15) is 51.4 Å². The number of carbonyl (C=O) groups is 2. The molecule has 5 rings (SSSR count). The average molecular weight is 503 g/mol. The molecule has 0 saturated carbocycles. The summed E-state index contributed by atoms with van der Waals surface area (Å²) in [5.74, 6) is -0.792. The summed E-state index contributed by atoms with van der Waals surface area (Å²) < 4.78 is 5.76. The van der Waals surface area contributed by atoms with Gasteiger partial charge >= 0.3 is 0 Å². The highest BCUT2D eigenvalue weighted by Gasteiger charge is 2.46. The number of H-pyrrole nitrogens is 1. The second-order valence-corrected chi connectivity index (χ2v) is 10.3. The van der Waals surface area contributed by atoms with Crippen molar-refractivity contribution >= 4 is 40.0 Å². The maximum absolute atomic E-state index is 13.7. The zero-order valence-corrected chi connectivity index (χ0v) is 21.4. The highest BCUT2D eigenvalue weighted by atomic mass is 32.1. The third kappa shape index (κ3) is 4.05. The Morgan fingerprint density at radius 2 is 1.83 bits per heavy atom. The molecule has 8 nitrogen and oxygen atoms in total. The number of Topliss-reactive ketones (excluding diaryl/α,β-unsaturated/α-hetero) is 1. The first-order valence-corrected chi connectivity index (χ1v) is 12.4. The predicted octanol–water partition coefficient (Wildman–Crippen LogP) is 5.51. The van der Waals surface area contributed by atoms with Crippen molar-refractivity contribution in [2.24, 2.45) is 0 Å². The molecule has 4 aromatic rings. The maximum Gasteiger partial charge on any atom is 0.296 e. The molecule has 0 bridgehead atoms. The summed E-state index contributed by atoms with van der Waals surface area (Å²) in [6, 6.07) is 12.0. The van der Waals surface area contributed by atoms with Gasteiger partial charge in [-0.15, -0.1) is 11.3 Å². The number of anilines is 1. The van der Waals surface area contributed by atoms with Crippen LogP contribution in [-0.2, 0) is 4.79 Å². The lowest BCUT2D eigenvalue weighted by atomic mass is 9.95. The molecule has 1 atom stereocenters. The smallest absolute Gasteiger partial charge is 0.296 e. The number of imidazole rings is 1. The number of hydrogen-bond donors (Lipinski definition) is 2. The Hall–Kier alpha value is -3.98. The zero-order chi connectivity index (χ0) is 25.7. The van der Waals surface area contributed by atoms with Gasteiger partial charge in [0.1, 0.15) is 5.75 Å². The fourth-order valence-corrected chi connectivity index (χ4v) is 5.33. The third-order valence-corrected chi connectivity index (χ3v) is 7.05. The molecule has 2 aromatic carbocycles. The number of aliphatic hydroxyl groups is 1. The Morgan fingerprint density at radius 1 is 1.11 bits per heavy atom. The van der Waals surface area contributed by atoms with Gasteiger partial charge in [0.05, 0.1) is 44.3 Å². The molecule has 36 heavy (non-hydrogen) atoms. The SMILES string of the molecule is Cc1ccc2nc(N3C(=O)C(O)=C(C(=O)c4sc(C)nc4C)C3c3ccc(OC(C)C)cc3)[nH]c2c1. The van der Waals surface area contributed by atoms with Crippen molar-refractivity contribution in [1.29, 1.82) is 0 Å². The van der Waals surface area contributed by atoms with Gasteiger partial charge in [0.15, 0.2) is 5.76 Å². The molecule has 2 N–H and O–H groups in total. The largest absolute Gasteiger partial charge is 0.503 e. The average Bonchev–Trinajstić information content (AvgIpc) is 3.46. The number of benzene rings is 2. The molecule has 2 aromatic heterocycles. The van der Waals surface area contributed by atoms with E-state index in [9.17, 15) is 14.7 Å². The van der Waals surface area contributed by atoms with E-state index in [0.29, 0.717) is 27.4 Å². The van der Waals surface area contributed by atoms with Crippen LogP contribution in [0, 0.1) is 20.8 Å². The number of hydrogen-bond acceptors (Lipinski definition) is 7. The third-order valence-electron chi connectivity index (χ3n) is 5.98. The van der Waals surface area contributed by atoms with Crippen molar-refractivity contribution < 1.29 is 19.4 Å². The monoisotopic (exact) mass is 502 g/mol. The number of aryl methyl sites for hydroxylation is 3. The van der Waals surface area contributed by atoms with Crippen LogP contribution in [0.2, 0.25) is 0 Å². The summed E-state index contributed by atoms with van der Waals surface area (Å²) >= 11 is 1.24. The topological polar surface area (TPSA) is 108 Å². The van der Waals surface area contributed by atoms with Crippen LogP contribution in [0.25, 0.3) is 11.0 Å². The van der Waals surface area contributed by atoms with Crippen molar-refractivity contribution in [3.8, 4) is 5.75 Å². The zero-order valence-electron chi connectivity index (χ0n) is 20.6. The molecular weight excluding hydrogens is 476 g/mol. The van der Waals surface area contributed by atoms with Gasteiger partial charge in [0, 0.05) is 0 Å². The fraction of sp³-hybridized carbons (Fsp3) is 0.259. The van der Waals surface area contributed by atoms with E-state index in [4.69, 9.17) is 4.74 Å². The maximum atomic E-state index is 13.7. The Kier molecular flexibility index (Phi) is 5.88. The molecule has 1 aliphatic rings. The van der Waals surface area contributed by atoms with E-state index in [1.165, 1.54) is 16.2 Å². The lowest BCUT2D eigenvalue weighted by Gasteiger charge is -2.24. The number of fused-ring (bicyclic) bond motifs is 1. The molecule has 1 amide bonds. The van der Waals surface area contributed by atoms with E-state index in [1.807, 2.05) is 45.9 Å². The van der Waals surface area contributed by atoms with E-state index in [2.05, 4.69) is 15.0 Å². The number of carbonyl (C=O) groups excluding carboxylic acids is 2. The standard InChI is InChI=1S/C27H26N4O4S/c1-13(2)35-18-9-7-17(8-10-18)22-21(23(32)25-15(4)28-16(5)36-25)24(33)26(34)31(22)27-29-19-11-6-14(3)12-20(19)30-27/h6-13,22,33H,1-5H3,(H,29,30). The second-order valence-electron chi connectivity index (χ2n) is 9.13. The molecular formula is C27H26N4O4S. The number of ether oxygens (including phenoxy) is 1. The predicted molar refractivity (Wildman–Crippen MR) is 139 cm³/mol. The van der Waals surface area contributed by atoms with Crippen LogP contribution in [-0.4, -0.2) is 37.9 Å². The first kappa shape index (κ1) is 23.7. The van der Waals surface area contributed by atoms with Gasteiger partial charge < -0.3 is 14.8 Å². The molecule has 0 radical (unpaired) electrons. The van der Waals surface area contributed by atoms with Gasteiger partial charge in [-0.1, -0.05) is 18.2 Å². The summed E-state index contributed by atoms with van der Waals surface area (Å²) in [6.07, 6.45) is -0.00182. The highest BCUT2D eigenvalue weighted by Crippen LogP contribution is 2.42. The van der Waals surface area contributed by atoms with Crippen LogP contribution in [0.15, 0.2) is 53.8 Å². The highest BCUT2D eigenvalue weighted by molar-refractivity contribution is 7.14. The minimum absolute atomic E-state index is 0.000847. The number of aromatic nitrogens is 3. The van der Waals surface area contributed by atoms with Crippen molar-refractivity contribution in [1.82, 2.24) is 15.0 Å². The Labute approximate surface area is 212 Å². The van der Waals surface area contributed by atoms with Crippen LogP contribution in [0.3, 0.4) is 0 Å². The number of rotatable bonds is 6. The van der Waals surface area contributed by atoms with Crippen molar-refractivity contribution in [3.63, 3.8) is 0 Å². The Bertz CT molecular complexity index is 1530. The second kappa shape index (κ2) is 8.91. The summed E-state index contributed by atoms with van der Waals surface area (Å²) in [7, 11) is 0. The number of nitrogens with zero attached hydrogens (tertiary/aromatic N) is 3. The molecule has 0 aliphatic carbocycles. The van der Waals surface area contributed by atoms with E-state index in [1.54, 1.807) is 31.2 Å². The van der Waals surface area contributed by atoms with Gasteiger partial charge in [-0.25, -0.2) is 9.97 Å². The molecule has 184 valence electrons. The van der Waals surface area contributed by atoms with Crippen LogP contribution in [0.4, 0.5) is 5.95 Å². The molecule has 9 heteroatoms.